The zero-order valence-electron chi connectivity index (χ0n) is 26.8. The SMILES string of the molecule is COc1cc(C(=O)N2CC3CCC2C3N)cc2nc(-c3cc4ccc(-c5ccc6[nH]c(=O)cc(C)c6c5)nc4n3CC3CC3)n(C)c12. The molecular weight excluding hydrogens is 590 g/mol. The molecule has 3 atom stereocenters. The number of hydrogen-bond donors (Lipinski definition) is 2. The minimum atomic E-state index is -0.0988. The Balaban J connectivity index is 1.15. The Morgan fingerprint density at radius 1 is 1.04 bits per heavy atom. The number of aromatic nitrogens is 5. The Labute approximate surface area is 271 Å². The molecule has 1 aliphatic heterocycles. The number of nitrogens with two attached hydrogens (primary N) is 1. The molecule has 3 N–H and O–H groups in total. The Hall–Kier alpha value is -4.96. The number of nitrogens with one attached hydrogen (secondary N) is 1. The molecule has 238 valence electrons. The second-order valence-corrected chi connectivity index (χ2v) is 13.8. The number of nitrogens with zero attached hydrogens (tertiary/aromatic N) is 5. The number of piperidine rings is 1. The van der Waals surface area contributed by atoms with E-state index in [4.69, 9.17) is 20.4 Å². The average molecular weight is 628 g/mol. The molecule has 2 saturated carbocycles. The third-order valence-electron chi connectivity index (χ3n) is 10.8. The van der Waals surface area contributed by atoms with E-state index in [1.165, 1.54) is 12.8 Å². The molecule has 1 amide bonds. The van der Waals surface area contributed by atoms with Crippen molar-refractivity contribution in [3.05, 3.63) is 76.1 Å². The summed E-state index contributed by atoms with van der Waals surface area (Å²) in [5.74, 6) is 2.41. The standard InChI is InChI=1S/C37H37N7O3/c1-19-12-32(45)39-27-10-6-21(13-25(19)27)26-9-7-22-15-30(43(35(22)40-26)17-20-4-5-20)36-41-28-14-24(16-31(47-3)34(28)42(36)2)37(46)44-18-23-8-11-29(44)33(23)38/h6-7,9-10,12-16,20,23,29,33H,4-5,8,11,17-18,38H2,1-3H3,(H,39,45). The maximum Gasteiger partial charge on any atom is 0.254 e. The van der Waals surface area contributed by atoms with Crippen LogP contribution in [0.4, 0.5) is 0 Å². The normalized spacial score (nSPS) is 20.7. The van der Waals surface area contributed by atoms with E-state index in [2.05, 4.69) is 38.4 Å². The minimum Gasteiger partial charge on any atom is -0.494 e. The number of carbonyl (C=O) groups is 1. The van der Waals surface area contributed by atoms with Crippen molar-refractivity contribution in [3.8, 4) is 28.5 Å². The Bertz CT molecular complexity index is 2330. The fraction of sp³-hybridized carbons (Fsp3) is 0.351. The maximum absolute atomic E-state index is 13.8. The Morgan fingerprint density at radius 2 is 1.89 bits per heavy atom. The first-order valence-electron chi connectivity index (χ1n) is 16.5. The summed E-state index contributed by atoms with van der Waals surface area (Å²) >= 11 is 0. The van der Waals surface area contributed by atoms with Crippen LogP contribution in [-0.4, -0.2) is 60.6 Å². The van der Waals surface area contributed by atoms with E-state index in [9.17, 15) is 9.59 Å². The monoisotopic (exact) mass is 627 g/mol. The van der Waals surface area contributed by atoms with Crippen LogP contribution in [0, 0.1) is 18.8 Å². The van der Waals surface area contributed by atoms with Gasteiger partial charge in [0.1, 0.15) is 16.9 Å². The zero-order valence-corrected chi connectivity index (χ0v) is 26.8. The molecule has 0 radical (unpaired) electrons. The van der Waals surface area contributed by atoms with Gasteiger partial charge < -0.3 is 29.5 Å². The number of fused-ring (bicyclic) bond motifs is 5. The summed E-state index contributed by atoms with van der Waals surface area (Å²) in [5.41, 5.74) is 14.0. The molecule has 3 aliphatic rings. The molecule has 3 fully saturated rings. The van der Waals surface area contributed by atoms with Crippen LogP contribution in [0.3, 0.4) is 0 Å². The van der Waals surface area contributed by atoms with Gasteiger partial charge in [-0.2, -0.15) is 0 Å². The van der Waals surface area contributed by atoms with E-state index in [0.717, 1.165) is 80.7 Å². The quantitative estimate of drug-likeness (QED) is 0.255. The second kappa shape index (κ2) is 10.3. The fourth-order valence-corrected chi connectivity index (χ4v) is 8.07. The summed E-state index contributed by atoms with van der Waals surface area (Å²) in [7, 11) is 3.65. The van der Waals surface area contributed by atoms with Crippen LogP contribution in [-0.2, 0) is 13.6 Å². The second-order valence-electron chi connectivity index (χ2n) is 13.8. The number of aryl methyl sites for hydroxylation is 2. The van der Waals surface area contributed by atoms with Crippen LogP contribution in [0.15, 0.2) is 59.4 Å². The molecule has 6 aromatic rings. The van der Waals surface area contributed by atoms with Crippen molar-refractivity contribution >= 4 is 38.9 Å². The zero-order chi connectivity index (χ0) is 32.1. The number of imidazole rings is 1. The molecule has 4 aromatic heterocycles. The van der Waals surface area contributed by atoms with Crippen molar-refractivity contribution in [1.82, 2.24) is 29.0 Å². The van der Waals surface area contributed by atoms with Crippen molar-refractivity contribution in [2.45, 2.75) is 51.2 Å². The number of likely N-dealkylation sites (tertiary alicyclic amines) is 1. The highest BCUT2D eigenvalue weighted by atomic mass is 16.5. The Kier molecular flexibility index (Phi) is 6.18. The predicted octanol–water partition coefficient (Wildman–Crippen LogP) is 5.39. The number of aromatic amines is 1. The van der Waals surface area contributed by atoms with Gasteiger partial charge in [-0.05, 0) is 92.5 Å². The van der Waals surface area contributed by atoms with Crippen LogP contribution in [0.25, 0.3) is 55.7 Å². The lowest BCUT2D eigenvalue weighted by atomic mass is 10.0. The number of ether oxygens (including phenoxy) is 1. The van der Waals surface area contributed by atoms with Gasteiger partial charge >= 0.3 is 0 Å². The third-order valence-corrected chi connectivity index (χ3v) is 10.8. The highest BCUT2D eigenvalue weighted by molar-refractivity contribution is 6.00. The molecule has 2 aliphatic carbocycles. The molecular formula is C37H37N7O3. The smallest absolute Gasteiger partial charge is 0.254 e. The topological polar surface area (TPSA) is 124 Å². The Morgan fingerprint density at radius 3 is 2.64 bits per heavy atom. The van der Waals surface area contributed by atoms with Crippen LogP contribution >= 0.6 is 0 Å². The average Bonchev–Trinajstić information content (AvgIpc) is 3.47. The van der Waals surface area contributed by atoms with Crippen LogP contribution in [0.5, 0.6) is 5.75 Å². The summed E-state index contributed by atoms with van der Waals surface area (Å²) < 4.78 is 10.3. The summed E-state index contributed by atoms with van der Waals surface area (Å²) in [4.78, 5) is 41.0. The highest BCUT2D eigenvalue weighted by Crippen LogP contribution is 2.40. The van der Waals surface area contributed by atoms with Gasteiger partial charge in [0.05, 0.1) is 24.0 Å². The summed E-state index contributed by atoms with van der Waals surface area (Å²) in [6.07, 6.45) is 4.46. The lowest BCUT2D eigenvalue weighted by molar-refractivity contribution is 0.0700. The van der Waals surface area contributed by atoms with Crippen molar-refractivity contribution in [2.75, 3.05) is 13.7 Å². The maximum atomic E-state index is 13.8. The molecule has 0 spiro atoms. The molecule has 9 rings (SSSR count). The van der Waals surface area contributed by atoms with E-state index in [1.807, 2.05) is 43.1 Å². The van der Waals surface area contributed by atoms with E-state index < -0.39 is 0 Å². The number of amides is 1. The third kappa shape index (κ3) is 4.41. The van der Waals surface area contributed by atoms with E-state index >= 15 is 0 Å². The number of carbonyl (C=O) groups excluding carboxylic acids is 1. The first-order chi connectivity index (χ1) is 22.8. The molecule has 1 saturated heterocycles. The van der Waals surface area contributed by atoms with E-state index in [0.29, 0.717) is 29.7 Å². The molecule has 47 heavy (non-hydrogen) atoms. The van der Waals surface area contributed by atoms with E-state index in [1.54, 1.807) is 13.2 Å². The first kappa shape index (κ1) is 28.3. The molecule has 2 aromatic carbocycles. The van der Waals surface area contributed by atoms with Crippen LogP contribution in [0.2, 0.25) is 0 Å². The number of methoxy groups -OCH3 is 1. The van der Waals surface area contributed by atoms with Gasteiger partial charge in [0.15, 0.2) is 5.82 Å². The van der Waals surface area contributed by atoms with Crippen LogP contribution < -0.4 is 16.0 Å². The number of hydrogen-bond acceptors (Lipinski definition) is 6. The summed E-state index contributed by atoms with van der Waals surface area (Å²) in [5, 5.41) is 2.05. The van der Waals surface area contributed by atoms with Crippen molar-refractivity contribution < 1.29 is 9.53 Å². The highest BCUT2D eigenvalue weighted by Gasteiger charge is 2.47. The van der Waals surface area contributed by atoms with Gasteiger partial charge in [-0.1, -0.05) is 6.07 Å². The van der Waals surface area contributed by atoms with Crippen LogP contribution in [0.1, 0.15) is 41.6 Å². The number of benzene rings is 2. The predicted molar refractivity (Wildman–Crippen MR) is 183 cm³/mol. The molecule has 5 heterocycles. The molecule has 3 unspecified atom stereocenters. The molecule has 10 heteroatoms. The minimum absolute atomic E-state index is 0.00475. The lowest BCUT2D eigenvalue weighted by Gasteiger charge is -2.27. The van der Waals surface area contributed by atoms with Crippen molar-refractivity contribution in [3.63, 3.8) is 0 Å². The number of pyridine rings is 2. The fourth-order valence-electron chi connectivity index (χ4n) is 8.07. The van der Waals surface area contributed by atoms with Crippen molar-refractivity contribution in [1.29, 1.82) is 0 Å². The van der Waals surface area contributed by atoms with Gasteiger partial charge in [-0.15, -0.1) is 0 Å². The number of rotatable bonds is 6. The molecule has 2 bridgehead atoms. The van der Waals surface area contributed by atoms with Gasteiger partial charge in [0, 0.05) is 65.7 Å². The largest absolute Gasteiger partial charge is 0.494 e. The van der Waals surface area contributed by atoms with Gasteiger partial charge in [-0.25, -0.2) is 9.97 Å². The van der Waals surface area contributed by atoms with Gasteiger partial charge in [0.25, 0.3) is 5.91 Å². The lowest BCUT2D eigenvalue weighted by Crippen LogP contribution is -2.41. The summed E-state index contributed by atoms with van der Waals surface area (Å²) in [6.45, 7) is 3.53. The van der Waals surface area contributed by atoms with E-state index in [-0.39, 0.29) is 23.6 Å². The number of H-pyrrole nitrogens is 1. The van der Waals surface area contributed by atoms with Gasteiger partial charge in [-0.3, -0.25) is 9.59 Å². The first-order valence-corrected chi connectivity index (χ1v) is 16.5. The van der Waals surface area contributed by atoms with Gasteiger partial charge in [0.2, 0.25) is 5.56 Å². The molecule has 10 nitrogen and oxygen atoms in total. The van der Waals surface area contributed by atoms with Crippen molar-refractivity contribution in [2.24, 2.45) is 24.6 Å². The summed E-state index contributed by atoms with van der Waals surface area (Å²) in [6, 6.07) is 18.0.